The predicted molar refractivity (Wildman–Crippen MR) is 57.8 cm³/mol. The molecule has 2 aromatic rings. The second-order valence-corrected chi connectivity index (χ2v) is 3.54. The number of rotatable bonds is 2. The maximum absolute atomic E-state index is 11.0. The molecule has 2 heterocycles. The number of carboxylic acid groups (broad SMARTS) is 1. The first kappa shape index (κ1) is 10.4. The number of aromatic nitrogens is 3. The van der Waals surface area contributed by atoms with Crippen LogP contribution in [0.1, 0.15) is 21.7 Å². The van der Waals surface area contributed by atoms with Crippen molar-refractivity contribution >= 4 is 5.97 Å². The molecule has 0 saturated heterocycles. The van der Waals surface area contributed by atoms with Crippen LogP contribution in [-0.4, -0.2) is 25.8 Å². The molecule has 0 aromatic carbocycles. The summed E-state index contributed by atoms with van der Waals surface area (Å²) >= 11 is 0. The maximum Gasteiger partial charge on any atom is 0.339 e. The van der Waals surface area contributed by atoms with E-state index >= 15 is 0 Å². The lowest BCUT2D eigenvalue weighted by Crippen LogP contribution is -2.08. The number of pyridine rings is 1. The summed E-state index contributed by atoms with van der Waals surface area (Å²) in [6.07, 6.45) is 2.88. The Balaban J connectivity index is 2.64. The van der Waals surface area contributed by atoms with Crippen LogP contribution >= 0.6 is 0 Å². The molecular formula is C11H11N3O2. The van der Waals surface area contributed by atoms with Gasteiger partial charge in [0.05, 0.1) is 11.4 Å². The van der Waals surface area contributed by atoms with Gasteiger partial charge in [0.25, 0.3) is 0 Å². The maximum atomic E-state index is 11.0. The predicted octanol–water partition coefficient (Wildman–Crippen LogP) is 1.58. The van der Waals surface area contributed by atoms with Crippen molar-refractivity contribution < 1.29 is 9.90 Å². The molecule has 0 aliphatic rings. The van der Waals surface area contributed by atoms with Crippen LogP contribution in [0.15, 0.2) is 24.5 Å². The molecule has 0 aliphatic heterocycles. The molecular weight excluding hydrogens is 206 g/mol. The van der Waals surface area contributed by atoms with Gasteiger partial charge in [0.15, 0.2) is 0 Å². The van der Waals surface area contributed by atoms with E-state index in [0.717, 1.165) is 11.4 Å². The highest BCUT2D eigenvalue weighted by Gasteiger charge is 2.13. The average molecular weight is 217 g/mol. The number of carboxylic acids is 1. The first-order chi connectivity index (χ1) is 7.59. The van der Waals surface area contributed by atoms with Gasteiger partial charge in [-0.15, -0.1) is 0 Å². The molecule has 0 atom stereocenters. The van der Waals surface area contributed by atoms with Crippen molar-refractivity contribution in [1.82, 2.24) is 14.8 Å². The zero-order chi connectivity index (χ0) is 11.7. The molecule has 5 heteroatoms. The minimum Gasteiger partial charge on any atom is -0.478 e. The number of aromatic carboxylic acids is 1. The van der Waals surface area contributed by atoms with Crippen molar-refractivity contribution in [2.24, 2.45) is 0 Å². The monoisotopic (exact) mass is 217 g/mol. The van der Waals surface area contributed by atoms with Crippen LogP contribution in [-0.2, 0) is 0 Å². The van der Waals surface area contributed by atoms with Crippen molar-refractivity contribution in [1.29, 1.82) is 0 Å². The topological polar surface area (TPSA) is 68.0 Å². The highest BCUT2D eigenvalue weighted by molar-refractivity contribution is 5.91. The standard InChI is InChI=1S/C11H11N3O2/c1-7-5-8(2)14(13-7)10-3-4-12-6-9(10)11(15)16/h3-6H,1-2H3,(H,15,16). The van der Waals surface area contributed by atoms with E-state index in [1.165, 1.54) is 6.20 Å². The van der Waals surface area contributed by atoms with Gasteiger partial charge in [0.1, 0.15) is 5.56 Å². The fraction of sp³-hybridized carbons (Fsp3) is 0.182. The molecule has 2 aromatic heterocycles. The van der Waals surface area contributed by atoms with Gasteiger partial charge in [-0.25, -0.2) is 9.48 Å². The molecule has 5 nitrogen and oxygen atoms in total. The molecule has 0 spiro atoms. The third-order valence-electron chi connectivity index (χ3n) is 2.27. The molecule has 0 aliphatic carbocycles. The lowest BCUT2D eigenvalue weighted by Gasteiger charge is -2.06. The lowest BCUT2D eigenvalue weighted by molar-refractivity contribution is 0.0696. The van der Waals surface area contributed by atoms with Gasteiger partial charge in [0, 0.05) is 18.1 Å². The number of aryl methyl sites for hydroxylation is 2. The van der Waals surface area contributed by atoms with E-state index in [9.17, 15) is 4.79 Å². The first-order valence-corrected chi connectivity index (χ1v) is 4.80. The molecule has 1 N–H and O–H groups in total. The SMILES string of the molecule is Cc1cc(C)n(-c2ccncc2C(=O)O)n1. The van der Waals surface area contributed by atoms with Gasteiger partial charge in [0.2, 0.25) is 0 Å². The van der Waals surface area contributed by atoms with Crippen LogP contribution in [0.4, 0.5) is 0 Å². The second-order valence-electron chi connectivity index (χ2n) is 3.54. The number of hydrogen-bond acceptors (Lipinski definition) is 3. The van der Waals surface area contributed by atoms with Gasteiger partial charge >= 0.3 is 5.97 Å². The normalized spacial score (nSPS) is 10.4. The summed E-state index contributed by atoms with van der Waals surface area (Å²) in [6, 6.07) is 3.54. The highest BCUT2D eigenvalue weighted by atomic mass is 16.4. The highest BCUT2D eigenvalue weighted by Crippen LogP contribution is 2.15. The molecule has 0 bridgehead atoms. The van der Waals surface area contributed by atoms with E-state index in [1.54, 1.807) is 16.9 Å². The minimum atomic E-state index is -1.00. The fourth-order valence-corrected chi connectivity index (χ4v) is 1.61. The number of nitrogens with zero attached hydrogens (tertiary/aromatic N) is 3. The van der Waals surface area contributed by atoms with Crippen molar-refractivity contribution in [3.8, 4) is 5.69 Å². The Labute approximate surface area is 92.4 Å². The summed E-state index contributed by atoms with van der Waals surface area (Å²) in [5.74, 6) is -1.00. The molecule has 0 amide bonds. The van der Waals surface area contributed by atoms with Gasteiger partial charge in [-0.3, -0.25) is 4.98 Å². The molecule has 16 heavy (non-hydrogen) atoms. The Morgan fingerprint density at radius 2 is 2.19 bits per heavy atom. The zero-order valence-electron chi connectivity index (χ0n) is 9.01. The fourth-order valence-electron chi connectivity index (χ4n) is 1.61. The number of hydrogen-bond donors (Lipinski definition) is 1. The minimum absolute atomic E-state index is 0.147. The summed E-state index contributed by atoms with van der Waals surface area (Å²) in [7, 11) is 0. The summed E-state index contributed by atoms with van der Waals surface area (Å²) in [5, 5.41) is 13.3. The summed E-state index contributed by atoms with van der Waals surface area (Å²) in [5.41, 5.74) is 2.43. The van der Waals surface area contributed by atoms with Crippen molar-refractivity contribution in [2.45, 2.75) is 13.8 Å². The van der Waals surface area contributed by atoms with Crippen LogP contribution in [0.25, 0.3) is 5.69 Å². The smallest absolute Gasteiger partial charge is 0.339 e. The Hall–Kier alpha value is -2.17. The zero-order valence-corrected chi connectivity index (χ0v) is 9.01. The Kier molecular flexibility index (Phi) is 2.44. The summed E-state index contributed by atoms with van der Waals surface area (Å²) < 4.78 is 1.61. The van der Waals surface area contributed by atoms with E-state index in [0.29, 0.717) is 5.69 Å². The summed E-state index contributed by atoms with van der Waals surface area (Å²) in [6.45, 7) is 3.75. The van der Waals surface area contributed by atoms with Crippen molar-refractivity contribution in [2.75, 3.05) is 0 Å². The largest absolute Gasteiger partial charge is 0.478 e. The van der Waals surface area contributed by atoms with E-state index in [4.69, 9.17) is 5.11 Å². The van der Waals surface area contributed by atoms with E-state index in [1.807, 2.05) is 19.9 Å². The van der Waals surface area contributed by atoms with E-state index < -0.39 is 5.97 Å². The van der Waals surface area contributed by atoms with Gasteiger partial charge in [-0.05, 0) is 26.0 Å². The van der Waals surface area contributed by atoms with Crippen LogP contribution in [0, 0.1) is 13.8 Å². The third kappa shape index (κ3) is 1.67. The van der Waals surface area contributed by atoms with E-state index in [2.05, 4.69) is 10.1 Å². The quantitative estimate of drug-likeness (QED) is 0.829. The Morgan fingerprint density at radius 1 is 1.44 bits per heavy atom. The molecule has 0 saturated carbocycles. The van der Waals surface area contributed by atoms with Crippen molar-refractivity contribution in [3.05, 3.63) is 41.5 Å². The number of carbonyl (C=O) groups is 1. The summed E-state index contributed by atoms with van der Waals surface area (Å²) in [4.78, 5) is 14.8. The molecule has 0 fully saturated rings. The first-order valence-electron chi connectivity index (χ1n) is 4.80. The Morgan fingerprint density at radius 3 is 2.75 bits per heavy atom. The van der Waals surface area contributed by atoms with Crippen LogP contribution < -0.4 is 0 Å². The Bertz CT molecular complexity index is 546. The van der Waals surface area contributed by atoms with Gasteiger partial charge in [-0.2, -0.15) is 5.10 Å². The van der Waals surface area contributed by atoms with Crippen LogP contribution in [0.3, 0.4) is 0 Å². The molecule has 0 unspecified atom stereocenters. The average Bonchev–Trinajstić information content (AvgIpc) is 2.57. The van der Waals surface area contributed by atoms with Gasteiger partial charge in [-0.1, -0.05) is 0 Å². The lowest BCUT2D eigenvalue weighted by atomic mass is 10.2. The second kappa shape index (κ2) is 3.77. The van der Waals surface area contributed by atoms with Crippen LogP contribution in [0.2, 0.25) is 0 Å². The van der Waals surface area contributed by atoms with Gasteiger partial charge < -0.3 is 5.11 Å². The third-order valence-corrected chi connectivity index (χ3v) is 2.27. The molecule has 2 rings (SSSR count). The van der Waals surface area contributed by atoms with Crippen molar-refractivity contribution in [3.63, 3.8) is 0 Å². The van der Waals surface area contributed by atoms with Crippen LogP contribution in [0.5, 0.6) is 0 Å². The molecule has 82 valence electrons. The van der Waals surface area contributed by atoms with E-state index in [-0.39, 0.29) is 5.56 Å². The molecule has 0 radical (unpaired) electrons.